The first-order valence-corrected chi connectivity index (χ1v) is 7.33. The maximum Gasteiger partial charge on any atom is 0.328 e. The number of hydrogen-bond donors (Lipinski definition) is 2. The van der Waals surface area contributed by atoms with Gasteiger partial charge in [-0.2, -0.15) is 0 Å². The van der Waals surface area contributed by atoms with Crippen molar-refractivity contribution < 1.29 is 19.4 Å². The summed E-state index contributed by atoms with van der Waals surface area (Å²) in [6.45, 7) is 3.39. The monoisotopic (exact) mass is 295 g/mol. The van der Waals surface area contributed by atoms with E-state index in [-0.39, 0.29) is 11.9 Å². The summed E-state index contributed by atoms with van der Waals surface area (Å²) in [5.74, 6) is -0.847. The second kappa shape index (κ2) is 6.67. The summed E-state index contributed by atoms with van der Waals surface area (Å²) in [5.41, 5.74) is 0.629. The van der Waals surface area contributed by atoms with Gasteiger partial charge in [-0.25, -0.2) is 4.79 Å². The van der Waals surface area contributed by atoms with E-state index >= 15 is 0 Å². The summed E-state index contributed by atoms with van der Waals surface area (Å²) < 4.78 is 5.31. The third-order valence-corrected chi connectivity index (χ3v) is 4.27. The van der Waals surface area contributed by atoms with Crippen LogP contribution in [-0.2, 0) is 9.53 Å². The van der Waals surface area contributed by atoms with Crippen molar-refractivity contribution >= 4 is 29.3 Å². The number of nitrogens with one attached hydrogen (secondary N) is 1. The number of carboxylic acids is 1. The summed E-state index contributed by atoms with van der Waals surface area (Å²) in [4.78, 5) is 23.3. The predicted molar refractivity (Wildman–Crippen MR) is 76.8 cm³/mol. The zero-order chi connectivity index (χ0) is 14.5. The molecule has 2 unspecified atom stereocenters. The average Bonchev–Trinajstić information content (AvgIpc) is 3.07. The van der Waals surface area contributed by atoms with Gasteiger partial charge >= 0.3 is 5.97 Å². The number of thiophene rings is 1. The van der Waals surface area contributed by atoms with Gasteiger partial charge in [-0.3, -0.25) is 4.79 Å². The minimum atomic E-state index is -1.03. The molecule has 1 saturated heterocycles. The van der Waals surface area contributed by atoms with Crippen molar-refractivity contribution in [3.63, 3.8) is 0 Å². The number of amides is 1. The Morgan fingerprint density at radius 2 is 2.40 bits per heavy atom. The number of carbonyl (C=O) groups excluding carboxylic acids is 1. The van der Waals surface area contributed by atoms with Crippen molar-refractivity contribution in [1.29, 1.82) is 0 Å². The smallest absolute Gasteiger partial charge is 0.328 e. The van der Waals surface area contributed by atoms with Crippen LogP contribution < -0.4 is 5.32 Å². The lowest BCUT2D eigenvalue weighted by molar-refractivity contribution is -0.131. The van der Waals surface area contributed by atoms with E-state index in [0.29, 0.717) is 23.0 Å². The lowest BCUT2D eigenvalue weighted by atomic mass is 10.0. The molecule has 2 atom stereocenters. The summed E-state index contributed by atoms with van der Waals surface area (Å²) >= 11 is 1.31. The van der Waals surface area contributed by atoms with E-state index in [9.17, 15) is 9.59 Å². The van der Waals surface area contributed by atoms with E-state index in [4.69, 9.17) is 9.84 Å². The number of ether oxygens (including phenoxy) is 1. The molecule has 20 heavy (non-hydrogen) atoms. The Labute approximate surface area is 121 Å². The van der Waals surface area contributed by atoms with Gasteiger partial charge in [0.15, 0.2) is 0 Å². The molecule has 2 heterocycles. The molecule has 1 fully saturated rings. The molecule has 0 aliphatic carbocycles. The number of carboxylic acid groups (broad SMARTS) is 1. The third kappa shape index (κ3) is 3.68. The van der Waals surface area contributed by atoms with Gasteiger partial charge in [-0.05, 0) is 36.4 Å². The molecule has 1 amide bonds. The topological polar surface area (TPSA) is 75.6 Å². The molecule has 2 rings (SSSR count). The van der Waals surface area contributed by atoms with Crippen LogP contribution in [0.25, 0.3) is 6.08 Å². The molecule has 0 saturated carbocycles. The molecule has 0 bridgehead atoms. The van der Waals surface area contributed by atoms with Gasteiger partial charge in [0.2, 0.25) is 0 Å². The van der Waals surface area contributed by atoms with Crippen molar-refractivity contribution in [2.75, 3.05) is 13.2 Å². The quantitative estimate of drug-likeness (QED) is 0.815. The van der Waals surface area contributed by atoms with Crippen LogP contribution in [0.1, 0.15) is 28.6 Å². The maximum atomic E-state index is 12.2. The Balaban J connectivity index is 2.02. The zero-order valence-corrected chi connectivity index (χ0v) is 12.0. The molecule has 1 aromatic rings. The van der Waals surface area contributed by atoms with Crippen LogP contribution in [0.15, 0.2) is 17.5 Å². The fourth-order valence-corrected chi connectivity index (χ4v) is 2.92. The standard InChI is InChI=1S/C14H17NO4S/c1-9(11-4-6-19-8-11)15-14(18)13-10(5-7-20-13)2-3-12(16)17/h2-3,5,7,9,11H,4,6,8H2,1H3,(H,15,18)(H,16,17)/b3-2+. The first-order valence-electron chi connectivity index (χ1n) is 6.45. The summed E-state index contributed by atoms with van der Waals surface area (Å²) in [5, 5.41) is 13.4. The summed E-state index contributed by atoms with van der Waals surface area (Å²) in [6, 6.07) is 1.78. The van der Waals surface area contributed by atoms with Crippen LogP contribution in [0.2, 0.25) is 0 Å². The largest absolute Gasteiger partial charge is 0.478 e. The Morgan fingerprint density at radius 3 is 3.05 bits per heavy atom. The van der Waals surface area contributed by atoms with Gasteiger partial charge in [-0.1, -0.05) is 0 Å². The van der Waals surface area contributed by atoms with Crippen molar-refractivity contribution in [3.05, 3.63) is 28.0 Å². The number of carbonyl (C=O) groups is 2. The molecule has 2 N–H and O–H groups in total. The first kappa shape index (κ1) is 14.7. The number of hydrogen-bond acceptors (Lipinski definition) is 4. The molecule has 1 aliphatic rings. The van der Waals surface area contributed by atoms with Crippen molar-refractivity contribution in [3.8, 4) is 0 Å². The van der Waals surface area contributed by atoms with Gasteiger partial charge in [0, 0.05) is 24.6 Å². The Hall–Kier alpha value is -1.66. The van der Waals surface area contributed by atoms with Gasteiger partial charge in [0.25, 0.3) is 5.91 Å². The van der Waals surface area contributed by atoms with E-state index in [2.05, 4.69) is 5.32 Å². The molecule has 0 spiro atoms. The highest BCUT2D eigenvalue weighted by atomic mass is 32.1. The molecule has 6 heteroatoms. The van der Waals surface area contributed by atoms with Crippen LogP contribution in [0.5, 0.6) is 0 Å². The molecule has 5 nitrogen and oxygen atoms in total. The molecule has 1 aromatic heterocycles. The molecule has 1 aliphatic heterocycles. The lowest BCUT2D eigenvalue weighted by Gasteiger charge is -2.18. The SMILES string of the molecule is CC(NC(=O)c1sccc1/C=C/C(=O)O)C1CCOC1. The second-order valence-electron chi connectivity index (χ2n) is 4.76. The molecular weight excluding hydrogens is 278 g/mol. The van der Waals surface area contributed by atoms with E-state index < -0.39 is 5.97 Å². The normalized spacial score (nSPS) is 20.1. The minimum absolute atomic E-state index is 0.0448. The molecule has 108 valence electrons. The van der Waals surface area contributed by atoms with Crippen molar-refractivity contribution in [1.82, 2.24) is 5.32 Å². The molecule has 0 aromatic carbocycles. The van der Waals surface area contributed by atoms with Crippen molar-refractivity contribution in [2.45, 2.75) is 19.4 Å². The number of aliphatic carboxylic acids is 1. The van der Waals surface area contributed by atoms with Gasteiger partial charge in [0.1, 0.15) is 0 Å². The van der Waals surface area contributed by atoms with Gasteiger partial charge < -0.3 is 15.2 Å². The Kier molecular flexibility index (Phi) is 4.92. The number of rotatable bonds is 5. The predicted octanol–water partition coefficient (Wildman–Crippen LogP) is 2.00. The van der Waals surface area contributed by atoms with Crippen LogP contribution in [0.4, 0.5) is 0 Å². The fraction of sp³-hybridized carbons (Fsp3) is 0.429. The van der Waals surface area contributed by atoms with Crippen LogP contribution in [-0.4, -0.2) is 36.2 Å². The third-order valence-electron chi connectivity index (χ3n) is 3.34. The van der Waals surface area contributed by atoms with Gasteiger partial charge in [0.05, 0.1) is 11.5 Å². The maximum absolute atomic E-state index is 12.2. The van der Waals surface area contributed by atoms with Crippen molar-refractivity contribution in [2.24, 2.45) is 5.92 Å². The lowest BCUT2D eigenvalue weighted by Crippen LogP contribution is -2.38. The first-order chi connectivity index (χ1) is 9.58. The highest BCUT2D eigenvalue weighted by Gasteiger charge is 2.24. The van der Waals surface area contributed by atoms with E-state index in [1.807, 2.05) is 6.92 Å². The van der Waals surface area contributed by atoms with E-state index in [1.165, 1.54) is 17.4 Å². The van der Waals surface area contributed by atoms with E-state index in [0.717, 1.165) is 19.1 Å². The summed E-state index contributed by atoms with van der Waals surface area (Å²) in [6.07, 6.45) is 3.43. The Morgan fingerprint density at radius 1 is 1.60 bits per heavy atom. The highest BCUT2D eigenvalue weighted by molar-refractivity contribution is 7.12. The second-order valence-corrected chi connectivity index (χ2v) is 5.68. The van der Waals surface area contributed by atoms with Gasteiger partial charge in [-0.15, -0.1) is 11.3 Å². The Bertz CT molecular complexity index is 517. The van der Waals surface area contributed by atoms with Crippen LogP contribution in [0, 0.1) is 5.92 Å². The zero-order valence-electron chi connectivity index (χ0n) is 11.2. The van der Waals surface area contributed by atoms with Crippen LogP contribution >= 0.6 is 11.3 Å². The van der Waals surface area contributed by atoms with Crippen LogP contribution in [0.3, 0.4) is 0 Å². The average molecular weight is 295 g/mol. The highest BCUT2D eigenvalue weighted by Crippen LogP contribution is 2.20. The summed E-state index contributed by atoms with van der Waals surface area (Å²) in [7, 11) is 0. The fourth-order valence-electron chi connectivity index (χ4n) is 2.13. The van der Waals surface area contributed by atoms with E-state index in [1.54, 1.807) is 11.4 Å². The molecular formula is C14H17NO4S. The minimum Gasteiger partial charge on any atom is -0.478 e. The molecule has 0 radical (unpaired) electrons.